The molecule has 2 aromatic rings. The lowest BCUT2D eigenvalue weighted by molar-refractivity contribution is 0.316. The summed E-state index contributed by atoms with van der Waals surface area (Å²) in [6.07, 6.45) is 4.99. The molecule has 1 aliphatic rings. The zero-order valence-electron chi connectivity index (χ0n) is 13.7. The van der Waals surface area contributed by atoms with Crippen molar-refractivity contribution in [1.82, 2.24) is 19.7 Å². The van der Waals surface area contributed by atoms with Crippen molar-refractivity contribution in [2.24, 2.45) is 5.92 Å². The van der Waals surface area contributed by atoms with Gasteiger partial charge in [0.05, 0.1) is 11.1 Å². The van der Waals surface area contributed by atoms with E-state index in [4.69, 9.17) is 0 Å². The number of hydrogen-bond acceptors (Lipinski definition) is 5. The SMILES string of the molecule is CC(C)CS(=O)(=O)NC1CC(N(C)c2ncnc3[nH]ccc23)C1. The van der Waals surface area contributed by atoms with Crippen LogP contribution in [-0.2, 0) is 10.0 Å². The summed E-state index contributed by atoms with van der Waals surface area (Å²) in [6, 6.07) is 2.27. The second-order valence-corrected chi connectivity index (χ2v) is 8.46. The molecule has 0 saturated heterocycles. The third-order valence-electron chi connectivity index (χ3n) is 4.23. The number of aromatic nitrogens is 3. The second kappa shape index (κ2) is 6.09. The quantitative estimate of drug-likeness (QED) is 0.833. The van der Waals surface area contributed by atoms with E-state index in [1.54, 1.807) is 6.33 Å². The van der Waals surface area contributed by atoms with E-state index in [-0.39, 0.29) is 23.8 Å². The van der Waals surface area contributed by atoms with Crippen LogP contribution in [0.5, 0.6) is 0 Å². The van der Waals surface area contributed by atoms with Crippen molar-refractivity contribution in [3.8, 4) is 0 Å². The van der Waals surface area contributed by atoms with Gasteiger partial charge in [0.1, 0.15) is 17.8 Å². The van der Waals surface area contributed by atoms with E-state index in [2.05, 4.69) is 24.6 Å². The molecular formula is C15H23N5O2S. The minimum atomic E-state index is -3.18. The summed E-state index contributed by atoms with van der Waals surface area (Å²) in [6.45, 7) is 3.82. The van der Waals surface area contributed by atoms with Crippen molar-refractivity contribution in [3.05, 3.63) is 18.6 Å². The minimum Gasteiger partial charge on any atom is -0.356 e. The number of rotatable bonds is 6. The minimum absolute atomic E-state index is 0.0229. The predicted molar refractivity (Wildman–Crippen MR) is 90.9 cm³/mol. The van der Waals surface area contributed by atoms with Crippen LogP contribution >= 0.6 is 0 Å². The van der Waals surface area contributed by atoms with Crippen LogP contribution in [0.4, 0.5) is 5.82 Å². The molecule has 0 atom stereocenters. The molecule has 126 valence electrons. The Labute approximate surface area is 136 Å². The van der Waals surface area contributed by atoms with E-state index in [0.717, 1.165) is 29.7 Å². The Morgan fingerprint density at radius 1 is 1.39 bits per heavy atom. The molecule has 3 rings (SSSR count). The number of nitrogens with zero attached hydrogens (tertiary/aromatic N) is 3. The molecule has 0 amide bonds. The molecule has 2 heterocycles. The van der Waals surface area contributed by atoms with Crippen molar-refractivity contribution >= 4 is 26.9 Å². The zero-order valence-corrected chi connectivity index (χ0v) is 14.5. The van der Waals surface area contributed by atoms with Crippen molar-refractivity contribution < 1.29 is 8.42 Å². The molecule has 0 aromatic carbocycles. The van der Waals surface area contributed by atoms with Gasteiger partial charge in [-0.05, 0) is 24.8 Å². The summed E-state index contributed by atoms with van der Waals surface area (Å²) >= 11 is 0. The van der Waals surface area contributed by atoms with Gasteiger partial charge in [-0.3, -0.25) is 0 Å². The van der Waals surface area contributed by atoms with Gasteiger partial charge in [-0.1, -0.05) is 13.8 Å². The van der Waals surface area contributed by atoms with Gasteiger partial charge in [0, 0.05) is 25.3 Å². The Balaban J connectivity index is 1.62. The molecule has 1 aliphatic carbocycles. The predicted octanol–water partition coefficient (Wildman–Crippen LogP) is 1.50. The highest BCUT2D eigenvalue weighted by molar-refractivity contribution is 7.89. The fourth-order valence-electron chi connectivity index (χ4n) is 3.05. The highest BCUT2D eigenvalue weighted by Crippen LogP contribution is 2.31. The number of sulfonamides is 1. The third kappa shape index (κ3) is 3.48. The largest absolute Gasteiger partial charge is 0.356 e. The lowest BCUT2D eigenvalue weighted by Crippen LogP contribution is -2.53. The van der Waals surface area contributed by atoms with Gasteiger partial charge in [-0.25, -0.2) is 23.1 Å². The summed E-state index contributed by atoms with van der Waals surface area (Å²) in [4.78, 5) is 13.8. The molecule has 1 saturated carbocycles. The van der Waals surface area contributed by atoms with Crippen LogP contribution < -0.4 is 9.62 Å². The van der Waals surface area contributed by atoms with E-state index in [0.29, 0.717) is 0 Å². The molecule has 2 aromatic heterocycles. The molecule has 0 aliphatic heterocycles. The molecule has 0 radical (unpaired) electrons. The summed E-state index contributed by atoms with van der Waals surface area (Å²) in [5, 5.41) is 0.985. The first-order chi connectivity index (χ1) is 10.9. The highest BCUT2D eigenvalue weighted by atomic mass is 32.2. The first kappa shape index (κ1) is 16.2. The molecular weight excluding hydrogens is 314 g/mol. The van der Waals surface area contributed by atoms with Crippen LogP contribution in [0.25, 0.3) is 11.0 Å². The fraction of sp³-hybridized carbons (Fsp3) is 0.600. The van der Waals surface area contributed by atoms with Gasteiger partial charge in [0.25, 0.3) is 0 Å². The molecule has 7 nitrogen and oxygen atoms in total. The maximum atomic E-state index is 12.0. The van der Waals surface area contributed by atoms with Gasteiger partial charge >= 0.3 is 0 Å². The van der Waals surface area contributed by atoms with Crippen LogP contribution in [0.3, 0.4) is 0 Å². The molecule has 8 heteroatoms. The average Bonchev–Trinajstić information content (AvgIpc) is 2.88. The maximum Gasteiger partial charge on any atom is 0.212 e. The summed E-state index contributed by atoms with van der Waals surface area (Å²) < 4.78 is 26.8. The Kier molecular flexibility index (Phi) is 4.29. The van der Waals surface area contributed by atoms with Gasteiger partial charge in [-0.15, -0.1) is 0 Å². The summed E-state index contributed by atoms with van der Waals surface area (Å²) in [7, 11) is -1.18. The van der Waals surface area contributed by atoms with E-state index in [1.165, 1.54) is 0 Å². The monoisotopic (exact) mass is 337 g/mol. The normalized spacial score (nSPS) is 21.6. The number of fused-ring (bicyclic) bond motifs is 1. The number of nitrogens with one attached hydrogen (secondary N) is 2. The van der Waals surface area contributed by atoms with Crippen molar-refractivity contribution in [1.29, 1.82) is 0 Å². The van der Waals surface area contributed by atoms with Gasteiger partial charge in [0.2, 0.25) is 10.0 Å². The van der Waals surface area contributed by atoms with Crippen molar-refractivity contribution in [2.75, 3.05) is 17.7 Å². The molecule has 0 unspecified atom stereocenters. The fourth-order valence-corrected chi connectivity index (χ4v) is 4.73. The number of aromatic amines is 1. The zero-order chi connectivity index (χ0) is 16.6. The highest BCUT2D eigenvalue weighted by Gasteiger charge is 2.35. The standard InChI is InChI=1S/C15H23N5O2S/c1-10(2)8-23(21,22)19-11-6-12(7-11)20(3)15-13-4-5-16-14(13)17-9-18-15/h4-5,9-12,19H,6-8H2,1-3H3,(H,16,17,18). The Morgan fingerprint density at radius 2 is 2.13 bits per heavy atom. The van der Waals surface area contributed by atoms with E-state index in [1.807, 2.05) is 33.2 Å². The van der Waals surface area contributed by atoms with Crippen LogP contribution in [0.1, 0.15) is 26.7 Å². The summed E-state index contributed by atoms with van der Waals surface area (Å²) in [5.41, 5.74) is 0.815. The van der Waals surface area contributed by atoms with Crippen LogP contribution in [0.15, 0.2) is 18.6 Å². The lowest BCUT2D eigenvalue weighted by atomic mass is 9.86. The molecule has 1 fully saturated rings. The number of hydrogen-bond donors (Lipinski definition) is 2. The molecule has 23 heavy (non-hydrogen) atoms. The van der Waals surface area contributed by atoms with Gasteiger partial charge in [0.15, 0.2) is 0 Å². The first-order valence-corrected chi connectivity index (χ1v) is 9.52. The van der Waals surface area contributed by atoms with E-state index in [9.17, 15) is 8.42 Å². The number of anilines is 1. The molecule has 0 bridgehead atoms. The van der Waals surface area contributed by atoms with Crippen LogP contribution in [0, 0.1) is 5.92 Å². The Hall–Kier alpha value is -1.67. The van der Waals surface area contributed by atoms with Crippen LogP contribution in [-0.4, -0.2) is 48.3 Å². The van der Waals surface area contributed by atoms with Gasteiger partial charge in [-0.2, -0.15) is 0 Å². The lowest BCUT2D eigenvalue weighted by Gasteiger charge is -2.42. The van der Waals surface area contributed by atoms with E-state index < -0.39 is 10.0 Å². The third-order valence-corrected chi connectivity index (χ3v) is 6.02. The van der Waals surface area contributed by atoms with Gasteiger partial charge < -0.3 is 9.88 Å². The Bertz CT molecular complexity index is 780. The van der Waals surface area contributed by atoms with Crippen LogP contribution in [0.2, 0.25) is 0 Å². The smallest absolute Gasteiger partial charge is 0.212 e. The average molecular weight is 337 g/mol. The maximum absolute atomic E-state index is 12.0. The molecule has 2 N–H and O–H groups in total. The van der Waals surface area contributed by atoms with Crippen molar-refractivity contribution in [2.45, 2.75) is 38.8 Å². The number of H-pyrrole nitrogens is 1. The van der Waals surface area contributed by atoms with Crippen molar-refractivity contribution in [3.63, 3.8) is 0 Å². The first-order valence-electron chi connectivity index (χ1n) is 7.86. The topological polar surface area (TPSA) is 91.0 Å². The summed E-state index contributed by atoms with van der Waals surface area (Å²) in [5.74, 6) is 1.19. The Morgan fingerprint density at radius 3 is 2.83 bits per heavy atom. The molecule has 0 spiro atoms. The second-order valence-electron chi connectivity index (χ2n) is 6.66. The van der Waals surface area contributed by atoms with E-state index >= 15 is 0 Å².